The van der Waals surface area contributed by atoms with Gasteiger partial charge < -0.3 is 19.3 Å². The van der Waals surface area contributed by atoms with E-state index >= 15 is 0 Å². The van der Waals surface area contributed by atoms with Gasteiger partial charge in [0.15, 0.2) is 17.0 Å². The summed E-state index contributed by atoms with van der Waals surface area (Å²) < 4.78 is 9.76. The first kappa shape index (κ1) is 23.3. The molecular weight excluding hydrogens is 456 g/mol. The Morgan fingerprint density at radius 1 is 1.03 bits per heavy atom. The summed E-state index contributed by atoms with van der Waals surface area (Å²) in [6.45, 7) is 9.47. The van der Waals surface area contributed by atoms with Crippen molar-refractivity contribution in [2.75, 3.05) is 44.3 Å². The number of likely N-dealkylation sites (tertiary alicyclic amines) is 1. The van der Waals surface area contributed by atoms with Crippen LogP contribution in [0.4, 0.5) is 5.82 Å². The first-order chi connectivity index (χ1) is 17.5. The van der Waals surface area contributed by atoms with Gasteiger partial charge in [-0.2, -0.15) is 9.97 Å². The minimum absolute atomic E-state index is 0.240. The molecule has 2 saturated heterocycles. The van der Waals surface area contributed by atoms with Crippen LogP contribution >= 0.6 is 0 Å². The molecule has 1 atom stereocenters. The third-order valence-corrected chi connectivity index (χ3v) is 7.70. The van der Waals surface area contributed by atoms with Gasteiger partial charge in [0.2, 0.25) is 5.95 Å². The molecule has 4 aromatic rings. The van der Waals surface area contributed by atoms with Crippen LogP contribution in [0.2, 0.25) is 0 Å². The van der Waals surface area contributed by atoms with Gasteiger partial charge in [0.25, 0.3) is 0 Å². The molecule has 0 aliphatic carbocycles. The molecule has 0 unspecified atom stereocenters. The predicted molar refractivity (Wildman–Crippen MR) is 138 cm³/mol. The van der Waals surface area contributed by atoms with Crippen molar-refractivity contribution in [3.05, 3.63) is 35.9 Å². The molecule has 5 heterocycles. The summed E-state index contributed by atoms with van der Waals surface area (Å²) in [6.07, 6.45) is 1.78. The summed E-state index contributed by atoms with van der Waals surface area (Å²) in [5.41, 5.74) is 3.58. The van der Waals surface area contributed by atoms with Crippen molar-refractivity contribution < 1.29 is 9.84 Å². The number of aromatic nitrogens is 6. The van der Waals surface area contributed by atoms with Crippen LogP contribution in [0, 0.1) is 12.8 Å². The quantitative estimate of drug-likeness (QED) is 0.456. The zero-order valence-corrected chi connectivity index (χ0v) is 21.3. The lowest BCUT2D eigenvalue weighted by Gasteiger charge is -2.32. The van der Waals surface area contributed by atoms with E-state index in [1.165, 1.54) is 0 Å². The maximum absolute atomic E-state index is 9.97. The van der Waals surface area contributed by atoms with Crippen LogP contribution < -0.4 is 4.90 Å². The number of fused-ring (bicyclic) bond motifs is 2. The number of rotatable bonds is 5. The summed E-state index contributed by atoms with van der Waals surface area (Å²) in [4.78, 5) is 24.6. The topological polar surface area (TPSA) is 97.4 Å². The Kier molecular flexibility index (Phi) is 6.10. The molecule has 36 heavy (non-hydrogen) atoms. The van der Waals surface area contributed by atoms with E-state index in [0.29, 0.717) is 25.1 Å². The fourth-order valence-corrected chi connectivity index (χ4v) is 5.51. The lowest BCUT2D eigenvalue weighted by atomic mass is 9.92. The fraction of sp³-hybridized carbons (Fsp3) is 0.538. The number of aliphatic hydroxyl groups excluding tert-OH is 1. The van der Waals surface area contributed by atoms with E-state index < -0.39 is 0 Å². The SMILES string of the molecule is Cc1nc2ccccc2n1-c1nc(N2CCOCC2)c2nc(CN3CCC([C@H](C)O)CC3)n(C)c2n1. The Bertz CT molecular complexity index is 1380. The van der Waals surface area contributed by atoms with Crippen molar-refractivity contribution in [3.63, 3.8) is 0 Å². The number of morpholine rings is 1. The number of para-hydroxylation sites is 2. The van der Waals surface area contributed by atoms with Gasteiger partial charge in [0.1, 0.15) is 11.6 Å². The molecule has 10 heteroatoms. The van der Waals surface area contributed by atoms with E-state index in [1.54, 1.807) is 0 Å². The van der Waals surface area contributed by atoms with Gasteiger partial charge in [-0.25, -0.2) is 9.97 Å². The highest BCUT2D eigenvalue weighted by atomic mass is 16.5. The Labute approximate surface area is 210 Å². The van der Waals surface area contributed by atoms with Crippen LogP contribution in [-0.4, -0.2) is 84.6 Å². The van der Waals surface area contributed by atoms with E-state index in [4.69, 9.17) is 24.7 Å². The normalized spacial score (nSPS) is 18.9. The summed E-state index contributed by atoms with van der Waals surface area (Å²) in [6, 6.07) is 8.09. The van der Waals surface area contributed by atoms with Crippen molar-refractivity contribution in [2.45, 2.75) is 39.3 Å². The number of nitrogens with zero attached hydrogens (tertiary/aromatic N) is 8. The number of aliphatic hydroxyl groups is 1. The number of imidazole rings is 2. The molecule has 2 aliphatic heterocycles. The van der Waals surface area contributed by atoms with Crippen molar-refractivity contribution in [1.82, 2.24) is 34.0 Å². The number of piperidine rings is 1. The van der Waals surface area contributed by atoms with Crippen LogP contribution in [0.5, 0.6) is 0 Å². The molecule has 190 valence electrons. The minimum Gasteiger partial charge on any atom is -0.393 e. The third-order valence-electron chi connectivity index (χ3n) is 7.70. The lowest BCUT2D eigenvalue weighted by molar-refractivity contribution is 0.0685. The largest absolute Gasteiger partial charge is 0.393 e. The molecule has 0 bridgehead atoms. The molecule has 0 amide bonds. The number of benzene rings is 1. The van der Waals surface area contributed by atoms with Gasteiger partial charge in [-0.05, 0) is 57.8 Å². The molecule has 0 saturated carbocycles. The maximum atomic E-state index is 9.97. The smallest absolute Gasteiger partial charge is 0.239 e. The highest BCUT2D eigenvalue weighted by Gasteiger charge is 2.26. The second-order valence-corrected chi connectivity index (χ2v) is 10.0. The number of ether oxygens (including phenoxy) is 1. The van der Waals surface area contributed by atoms with E-state index in [9.17, 15) is 5.11 Å². The molecule has 0 radical (unpaired) electrons. The first-order valence-electron chi connectivity index (χ1n) is 12.9. The van der Waals surface area contributed by atoms with Crippen LogP contribution in [0.3, 0.4) is 0 Å². The Morgan fingerprint density at radius 3 is 2.53 bits per heavy atom. The van der Waals surface area contributed by atoms with Crippen molar-refractivity contribution in [1.29, 1.82) is 0 Å². The second kappa shape index (κ2) is 9.42. The average molecular weight is 491 g/mol. The maximum Gasteiger partial charge on any atom is 0.239 e. The molecule has 1 N–H and O–H groups in total. The third kappa shape index (κ3) is 4.12. The van der Waals surface area contributed by atoms with Gasteiger partial charge in [0, 0.05) is 20.1 Å². The molecule has 6 rings (SSSR count). The van der Waals surface area contributed by atoms with Gasteiger partial charge in [-0.3, -0.25) is 9.47 Å². The van der Waals surface area contributed by atoms with E-state index in [-0.39, 0.29) is 6.10 Å². The van der Waals surface area contributed by atoms with Gasteiger partial charge in [-0.1, -0.05) is 12.1 Å². The lowest BCUT2D eigenvalue weighted by Crippen LogP contribution is -2.37. The summed E-state index contributed by atoms with van der Waals surface area (Å²) in [7, 11) is 2.05. The standard InChI is InChI=1S/C26H34N8O2/c1-17(35)19-8-10-32(11-9-19)16-22-28-23-24(31(22)3)29-26(30-25(23)33-12-14-36-15-13-33)34-18(2)27-20-6-4-5-7-21(20)34/h4-7,17,19,35H,8-16H2,1-3H3/t17-/m0/s1. The van der Waals surface area contributed by atoms with E-state index in [2.05, 4.69) is 20.4 Å². The predicted octanol–water partition coefficient (Wildman–Crippen LogP) is 2.44. The van der Waals surface area contributed by atoms with E-state index in [0.717, 1.165) is 85.2 Å². The van der Waals surface area contributed by atoms with Gasteiger partial charge >= 0.3 is 0 Å². The molecule has 0 spiro atoms. The zero-order valence-electron chi connectivity index (χ0n) is 21.3. The zero-order chi connectivity index (χ0) is 24.8. The molecule has 10 nitrogen and oxygen atoms in total. The Balaban J connectivity index is 1.42. The highest BCUT2D eigenvalue weighted by molar-refractivity contribution is 5.86. The monoisotopic (exact) mass is 490 g/mol. The van der Waals surface area contributed by atoms with Gasteiger partial charge in [0.05, 0.1) is 36.9 Å². The van der Waals surface area contributed by atoms with Crippen LogP contribution in [0.15, 0.2) is 24.3 Å². The molecular formula is C26H34N8O2. The Hall–Kier alpha value is -3.08. The summed E-state index contributed by atoms with van der Waals surface area (Å²) in [5, 5.41) is 9.97. The number of hydrogen-bond donors (Lipinski definition) is 1. The van der Waals surface area contributed by atoms with Crippen LogP contribution in [0.1, 0.15) is 31.4 Å². The highest BCUT2D eigenvalue weighted by Crippen LogP contribution is 2.29. The van der Waals surface area contributed by atoms with E-state index in [1.807, 2.05) is 43.7 Å². The average Bonchev–Trinajstić information content (AvgIpc) is 3.40. The van der Waals surface area contributed by atoms with Crippen molar-refractivity contribution in [2.24, 2.45) is 13.0 Å². The second-order valence-electron chi connectivity index (χ2n) is 10.0. The van der Waals surface area contributed by atoms with Crippen molar-refractivity contribution >= 4 is 28.0 Å². The molecule has 3 aromatic heterocycles. The number of hydrogen-bond acceptors (Lipinski definition) is 8. The summed E-state index contributed by atoms with van der Waals surface area (Å²) in [5.74, 6) is 3.68. The molecule has 1 aromatic carbocycles. The summed E-state index contributed by atoms with van der Waals surface area (Å²) >= 11 is 0. The molecule has 2 fully saturated rings. The molecule has 2 aliphatic rings. The van der Waals surface area contributed by atoms with Gasteiger partial charge in [-0.15, -0.1) is 0 Å². The number of anilines is 1. The van der Waals surface area contributed by atoms with Crippen LogP contribution in [-0.2, 0) is 18.3 Å². The van der Waals surface area contributed by atoms with Crippen molar-refractivity contribution in [3.8, 4) is 5.95 Å². The minimum atomic E-state index is -0.240. The first-order valence-corrected chi connectivity index (χ1v) is 12.9. The Morgan fingerprint density at radius 2 is 1.78 bits per heavy atom. The van der Waals surface area contributed by atoms with Crippen LogP contribution in [0.25, 0.3) is 28.1 Å². The number of aryl methyl sites for hydroxylation is 2. The fourth-order valence-electron chi connectivity index (χ4n) is 5.51.